The van der Waals surface area contributed by atoms with Crippen LogP contribution in [0.4, 0.5) is 0 Å². The SMILES string of the molecule is CN(C(=O)c1csc(I)c1)C1CCCNCC1. The first-order chi connectivity index (χ1) is 8.18. The van der Waals surface area contributed by atoms with Crippen molar-refractivity contribution in [3.8, 4) is 0 Å². The van der Waals surface area contributed by atoms with Crippen LogP contribution in [0.25, 0.3) is 0 Å². The quantitative estimate of drug-likeness (QED) is 0.819. The number of hydrogen-bond donors (Lipinski definition) is 1. The highest BCUT2D eigenvalue weighted by atomic mass is 127. The topological polar surface area (TPSA) is 32.3 Å². The predicted octanol–water partition coefficient (Wildman–Crippen LogP) is 2.57. The Balaban J connectivity index is 2.03. The number of rotatable bonds is 2. The van der Waals surface area contributed by atoms with E-state index in [4.69, 9.17) is 0 Å². The Bertz CT molecular complexity index is 386. The third kappa shape index (κ3) is 3.42. The second kappa shape index (κ2) is 6.15. The molecule has 0 spiro atoms. The molecule has 0 aliphatic carbocycles. The van der Waals surface area contributed by atoms with Gasteiger partial charge in [-0.15, -0.1) is 11.3 Å². The first-order valence-electron chi connectivity index (χ1n) is 5.90. The molecule has 0 radical (unpaired) electrons. The largest absolute Gasteiger partial charge is 0.339 e. The summed E-state index contributed by atoms with van der Waals surface area (Å²) >= 11 is 3.88. The standard InChI is InChI=1S/C12H17IN2OS/c1-15(10-3-2-5-14-6-4-10)12(16)9-7-11(13)17-8-9/h7-8,10,14H,2-6H2,1H3. The molecular weight excluding hydrogens is 347 g/mol. The number of carbonyl (C=O) groups is 1. The molecular formula is C12H17IN2OS. The molecule has 1 aliphatic rings. The molecule has 17 heavy (non-hydrogen) atoms. The zero-order valence-electron chi connectivity index (χ0n) is 9.91. The van der Waals surface area contributed by atoms with Crippen molar-refractivity contribution in [1.29, 1.82) is 0 Å². The van der Waals surface area contributed by atoms with E-state index in [0.717, 1.165) is 37.9 Å². The number of thiophene rings is 1. The third-order valence-electron chi connectivity index (χ3n) is 3.23. The minimum atomic E-state index is 0.163. The average Bonchev–Trinajstić information content (AvgIpc) is 2.60. The number of nitrogens with one attached hydrogen (secondary N) is 1. The van der Waals surface area contributed by atoms with Crippen LogP contribution < -0.4 is 5.32 Å². The molecule has 1 saturated heterocycles. The van der Waals surface area contributed by atoms with Crippen LogP contribution in [-0.4, -0.2) is 37.0 Å². The highest BCUT2D eigenvalue weighted by Crippen LogP contribution is 2.20. The lowest BCUT2D eigenvalue weighted by atomic mass is 10.1. The van der Waals surface area contributed by atoms with E-state index in [2.05, 4.69) is 27.9 Å². The van der Waals surface area contributed by atoms with Gasteiger partial charge in [-0.3, -0.25) is 4.79 Å². The lowest BCUT2D eigenvalue weighted by Gasteiger charge is -2.26. The van der Waals surface area contributed by atoms with Gasteiger partial charge in [0.15, 0.2) is 0 Å². The number of hydrogen-bond acceptors (Lipinski definition) is 3. The zero-order valence-corrected chi connectivity index (χ0v) is 12.9. The summed E-state index contributed by atoms with van der Waals surface area (Å²) in [6.45, 7) is 2.10. The molecule has 3 nitrogen and oxygen atoms in total. The maximum absolute atomic E-state index is 12.3. The molecule has 1 aromatic rings. The van der Waals surface area contributed by atoms with E-state index in [1.54, 1.807) is 11.3 Å². The maximum Gasteiger partial charge on any atom is 0.254 e. The van der Waals surface area contributed by atoms with Gasteiger partial charge in [0.1, 0.15) is 0 Å². The molecule has 2 rings (SSSR count). The van der Waals surface area contributed by atoms with E-state index in [1.807, 2.05) is 23.4 Å². The van der Waals surface area contributed by atoms with Crippen LogP contribution in [0.2, 0.25) is 0 Å². The van der Waals surface area contributed by atoms with Gasteiger partial charge in [-0.05, 0) is 61.0 Å². The summed E-state index contributed by atoms with van der Waals surface area (Å²) in [5.74, 6) is 0.163. The lowest BCUT2D eigenvalue weighted by molar-refractivity contribution is 0.0721. The Morgan fingerprint density at radius 2 is 2.35 bits per heavy atom. The van der Waals surface area contributed by atoms with Crippen LogP contribution >= 0.6 is 33.9 Å². The molecule has 1 unspecified atom stereocenters. The molecule has 0 saturated carbocycles. The second-order valence-electron chi connectivity index (χ2n) is 4.39. The average molecular weight is 364 g/mol. The summed E-state index contributed by atoms with van der Waals surface area (Å²) in [6.07, 6.45) is 3.32. The fraction of sp³-hybridized carbons (Fsp3) is 0.583. The van der Waals surface area contributed by atoms with Gasteiger partial charge in [-0.25, -0.2) is 0 Å². The molecule has 1 N–H and O–H groups in total. The Hall–Kier alpha value is -0.140. The Morgan fingerprint density at radius 1 is 1.53 bits per heavy atom. The molecule has 1 aromatic heterocycles. The lowest BCUT2D eigenvalue weighted by Crippen LogP contribution is -2.37. The van der Waals surface area contributed by atoms with Gasteiger partial charge >= 0.3 is 0 Å². The van der Waals surface area contributed by atoms with Gasteiger partial charge in [0.25, 0.3) is 5.91 Å². The fourth-order valence-electron chi connectivity index (χ4n) is 2.18. The van der Waals surface area contributed by atoms with E-state index < -0.39 is 0 Å². The smallest absolute Gasteiger partial charge is 0.254 e. The zero-order chi connectivity index (χ0) is 12.3. The van der Waals surface area contributed by atoms with Gasteiger partial charge in [-0.1, -0.05) is 0 Å². The summed E-state index contributed by atoms with van der Waals surface area (Å²) < 4.78 is 1.17. The molecule has 0 bridgehead atoms. The van der Waals surface area contributed by atoms with Gasteiger partial charge in [-0.2, -0.15) is 0 Å². The van der Waals surface area contributed by atoms with Crippen LogP contribution in [0.15, 0.2) is 11.4 Å². The van der Waals surface area contributed by atoms with Gasteiger partial charge in [0.05, 0.1) is 8.45 Å². The van der Waals surface area contributed by atoms with Crippen molar-refractivity contribution in [3.05, 3.63) is 19.9 Å². The van der Waals surface area contributed by atoms with Gasteiger partial charge < -0.3 is 10.2 Å². The minimum Gasteiger partial charge on any atom is -0.339 e. The van der Waals surface area contributed by atoms with Crippen molar-refractivity contribution in [2.45, 2.75) is 25.3 Å². The molecule has 2 heterocycles. The van der Waals surface area contributed by atoms with Crippen molar-refractivity contribution in [2.24, 2.45) is 0 Å². The van der Waals surface area contributed by atoms with Crippen molar-refractivity contribution >= 4 is 39.8 Å². The van der Waals surface area contributed by atoms with Crippen LogP contribution in [-0.2, 0) is 0 Å². The Labute approximate surface area is 120 Å². The van der Waals surface area contributed by atoms with E-state index in [0.29, 0.717) is 6.04 Å². The molecule has 94 valence electrons. The van der Waals surface area contributed by atoms with Crippen molar-refractivity contribution in [2.75, 3.05) is 20.1 Å². The van der Waals surface area contributed by atoms with Crippen molar-refractivity contribution < 1.29 is 4.79 Å². The van der Waals surface area contributed by atoms with Crippen LogP contribution in [0.1, 0.15) is 29.6 Å². The van der Waals surface area contributed by atoms with E-state index in [9.17, 15) is 4.79 Å². The highest BCUT2D eigenvalue weighted by molar-refractivity contribution is 14.1. The minimum absolute atomic E-state index is 0.163. The number of nitrogens with zero attached hydrogens (tertiary/aromatic N) is 1. The number of carbonyl (C=O) groups excluding carboxylic acids is 1. The first kappa shape index (κ1) is 13.3. The van der Waals surface area contributed by atoms with Crippen LogP contribution in [0, 0.1) is 2.88 Å². The van der Waals surface area contributed by atoms with Gasteiger partial charge in [0.2, 0.25) is 0 Å². The first-order valence-corrected chi connectivity index (χ1v) is 7.86. The molecule has 1 atom stereocenters. The highest BCUT2D eigenvalue weighted by Gasteiger charge is 2.22. The van der Waals surface area contributed by atoms with Gasteiger partial charge in [0, 0.05) is 18.5 Å². The Kier molecular flexibility index (Phi) is 4.81. The predicted molar refractivity (Wildman–Crippen MR) is 79.6 cm³/mol. The number of amides is 1. The van der Waals surface area contributed by atoms with Crippen molar-refractivity contribution in [1.82, 2.24) is 10.2 Å². The van der Waals surface area contributed by atoms with E-state index in [1.165, 1.54) is 2.88 Å². The normalized spacial score (nSPS) is 20.9. The summed E-state index contributed by atoms with van der Waals surface area (Å²) in [5.41, 5.74) is 0.833. The molecule has 0 aromatic carbocycles. The molecule has 1 amide bonds. The van der Waals surface area contributed by atoms with E-state index in [-0.39, 0.29) is 5.91 Å². The Morgan fingerprint density at radius 3 is 3.06 bits per heavy atom. The molecule has 5 heteroatoms. The van der Waals surface area contributed by atoms with Crippen LogP contribution in [0.3, 0.4) is 0 Å². The summed E-state index contributed by atoms with van der Waals surface area (Å²) in [7, 11) is 1.93. The van der Waals surface area contributed by atoms with E-state index >= 15 is 0 Å². The third-order valence-corrected chi connectivity index (χ3v) is 5.02. The summed E-state index contributed by atoms with van der Waals surface area (Å²) in [5, 5.41) is 5.33. The van der Waals surface area contributed by atoms with Crippen molar-refractivity contribution in [3.63, 3.8) is 0 Å². The van der Waals surface area contributed by atoms with Crippen LogP contribution in [0.5, 0.6) is 0 Å². The summed E-state index contributed by atoms with van der Waals surface area (Å²) in [6, 6.07) is 2.36. The summed E-state index contributed by atoms with van der Waals surface area (Å²) in [4.78, 5) is 14.2. The number of halogens is 1. The molecule has 1 fully saturated rings. The maximum atomic E-state index is 12.3. The molecule has 1 aliphatic heterocycles. The monoisotopic (exact) mass is 364 g/mol. The fourth-order valence-corrected chi connectivity index (χ4v) is 3.50. The second-order valence-corrected chi connectivity index (χ2v) is 7.20.